The lowest BCUT2D eigenvalue weighted by Crippen LogP contribution is -1.91. The van der Waals surface area contributed by atoms with Gasteiger partial charge >= 0.3 is 0 Å². The molecule has 0 heterocycles. The van der Waals surface area contributed by atoms with Gasteiger partial charge in [0.25, 0.3) is 0 Å². The van der Waals surface area contributed by atoms with Crippen LogP contribution in [0.5, 0.6) is 0 Å². The number of hydrogen-bond acceptors (Lipinski definition) is 0. The van der Waals surface area contributed by atoms with Gasteiger partial charge in [-0.2, -0.15) is 0 Å². The first kappa shape index (κ1) is 8.26. The lowest BCUT2D eigenvalue weighted by molar-refractivity contribution is 0.848. The zero-order valence-electron chi connectivity index (χ0n) is 4.58. The van der Waals surface area contributed by atoms with Crippen LogP contribution < -0.4 is 0 Å². The molecule has 2 unspecified atom stereocenters. The van der Waals surface area contributed by atoms with Crippen LogP contribution in [-0.4, -0.2) is 16.1 Å². The van der Waals surface area contributed by atoms with Crippen molar-refractivity contribution in [3.63, 3.8) is 0 Å². The van der Waals surface area contributed by atoms with Gasteiger partial charge in [0.05, 0.1) is 0 Å². The molecule has 4 heteroatoms. The molecule has 0 radical (unpaired) electrons. The first-order chi connectivity index (χ1) is 4.14. The van der Waals surface area contributed by atoms with Crippen molar-refractivity contribution in [2.24, 2.45) is 11.8 Å². The number of hydrogen-bond donors (Lipinski definition) is 0. The number of rotatable bonds is 2. The minimum absolute atomic E-state index is 0.194. The SMILES string of the molecule is ClCC1C(CCl)C1(Cl)Cl. The van der Waals surface area contributed by atoms with Gasteiger partial charge in [0, 0.05) is 23.6 Å². The normalized spacial score (nSPS) is 38.7. The Balaban J connectivity index is 2.45. The molecule has 0 spiro atoms. The summed E-state index contributed by atoms with van der Waals surface area (Å²) < 4.78 is -0.635. The van der Waals surface area contributed by atoms with E-state index in [2.05, 4.69) is 0 Å². The van der Waals surface area contributed by atoms with E-state index in [4.69, 9.17) is 46.4 Å². The molecule has 0 amide bonds. The fourth-order valence-electron chi connectivity index (χ4n) is 0.881. The molecule has 1 aliphatic rings. The molecular weight excluding hydrogens is 202 g/mol. The van der Waals surface area contributed by atoms with Crippen LogP contribution in [0.3, 0.4) is 0 Å². The van der Waals surface area contributed by atoms with E-state index in [1.807, 2.05) is 0 Å². The van der Waals surface area contributed by atoms with E-state index in [1.54, 1.807) is 0 Å². The maximum atomic E-state index is 5.77. The molecule has 2 atom stereocenters. The molecular formula is C5H6Cl4. The van der Waals surface area contributed by atoms with E-state index >= 15 is 0 Å². The third-order valence-electron chi connectivity index (χ3n) is 1.70. The Morgan fingerprint density at radius 3 is 1.44 bits per heavy atom. The Morgan fingerprint density at radius 2 is 1.33 bits per heavy atom. The summed E-state index contributed by atoms with van der Waals surface area (Å²) in [5.74, 6) is 1.40. The van der Waals surface area contributed by atoms with Crippen LogP contribution in [0.1, 0.15) is 0 Å². The van der Waals surface area contributed by atoms with E-state index in [9.17, 15) is 0 Å². The summed E-state index contributed by atoms with van der Waals surface area (Å²) in [7, 11) is 0. The predicted molar refractivity (Wildman–Crippen MR) is 42.9 cm³/mol. The standard InChI is InChI=1S/C5H6Cl4/c6-1-3-4(2-7)5(3,8)9/h3-4H,1-2H2. The largest absolute Gasteiger partial charge is 0.127 e. The predicted octanol–water partition coefficient (Wildman–Crippen LogP) is 2.88. The van der Waals surface area contributed by atoms with Gasteiger partial charge in [0.1, 0.15) is 4.33 Å². The average Bonchev–Trinajstić information content (AvgIpc) is 2.32. The fraction of sp³-hybridized carbons (Fsp3) is 1.00. The highest BCUT2D eigenvalue weighted by molar-refractivity contribution is 6.52. The Kier molecular flexibility index (Phi) is 2.44. The van der Waals surface area contributed by atoms with Crippen molar-refractivity contribution in [3.05, 3.63) is 0 Å². The van der Waals surface area contributed by atoms with Crippen molar-refractivity contribution in [2.75, 3.05) is 11.8 Å². The Morgan fingerprint density at radius 1 is 1.00 bits per heavy atom. The van der Waals surface area contributed by atoms with Gasteiger partial charge in [-0.15, -0.1) is 46.4 Å². The van der Waals surface area contributed by atoms with Crippen LogP contribution >= 0.6 is 46.4 Å². The zero-order chi connectivity index (χ0) is 7.07. The van der Waals surface area contributed by atoms with E-state index in [0.717, 1.165) is 0 Å². The first-order valence-corrected chi connectivity index (χ1v) is 4.46. The minimum atomic E-state index is -0.635. The van der Waals surface area contributed by atoms with Gasteiger partial charge in [-0.3, -0.25) is 0 Å². The third kappa shape index (κ3) is 1.28. The summed E-state index contributed by atoms with van der Waals surface area (Å²) in [6.07, 6.45) is 0. The molecule has 1 aliphatic carbocycles. The summed E-state index contributed by atoms with van der Waals surface area (Å²) >= 11 is 22.6. The van der Waals surface area contributed by atoms with E-state index in [0.29, 0.717) is 11.8 Å². The summed E-state index contributed by atoms with van der Waals surface area (Å²) in [5, 5.41) is 0. The van der Waals surface area contributed by atoms with Crippen LogP contribution in [0.4, 0.5) is 0 Å². The van der Waals surface area contributed by atoms with E-state index < -0.39 is 4.33 Å². The fourth-order valence-corrected chi connectivity index (χ4v) is 2.91. The van der Waals surface area contributed by atoms with Gasteiger partial charge in [-0.05, 0) is 0 Å². The lowest BCUT2D eigenvalue weighted by atomic mass is 10.4. The van der Waals surface area contributed by atoms with Crippen LogP contribution in [0.2, 0.25) is 0 Å². The third-order valence-corrected chi connectivity index (χ3v) is 3.48. The molecule has 0 aromatic heterocycles. The second-order valence-electron chi connectivity index (χ2n) is 2.20. The molecule has 1 saturated carbocycles. The molecule has 0 aromatic rings. The maximum absolute atomic E-state index is 5.77. The molecule has 54 valence electrons. The minimum Gasteiger partial charge on any atom is -0.126 e. The lowest BCUT2D eigenvalue weighted by Gasteiger charge is -1.90. The van der Waals surface area contributed by atoms with Crippen LogP contribution in [-0.2, 0) is 0 Å². The second-order valence-corrected chi connectivity index (χ2v) is 4.26. The average molecular weight is 208 g/mol. The maximum Gasteiger partial charge on any atom is 0.127 e. The van der Waals surface area contributed by atoms with Crippen molar-refractivity contribution in [1.82, 2.24) is 0 Å². The molecule has 1 rings (SSSR count). The van der Waals surface area contributed by atoms with Crippen molar-refractivity contribution >= 4 is 46.4 Å². The second kappa shape index (κ2) is 2.65. The quantitative estimate of drug-likeness (QED) is 0.612. The topological polar surface area (TPSA) is 0 Å². The number of alkyl halides is 4. The van der Waals surface area contributed by atoms with Crippen LogP contribution in [0.25, 0.3) is 0 Å². The monoisotopic (exact) mass is 206 g/mol. The molecule has 0 bridgehead atoms. The summed E-state index contributed by atoms with van der Waals surface area (Å²) in [6.45, 7) is 0. The van der Waals surface area contributed by atoms with Crippen molar-refractivity contribution in [3.8, 4) is 0 Å². The van der Waals surface area contributed by atoms with Crippen molar-refractivity contribution in [2.45, 2.75) is 4.33 Å². The van der Waals surface area contributed by atoms with Crippen molar-refractivity contribution < 1.29 is 0 Å². The molecule has 0 nitrogen and oxygen atoms in total. The Bertz CT molecular complexity index is 99.5. The summed E-state index contributed by atoms with van der Waals surface area (Å²) in [6, 6.07) is 0. The van der Waals surface area contributed by atoms with Gasteiger partial charge < -0.3 is 0 Å². The molecule has 0 N–H and O–H groups in total. The summed E-state index contributed by atoms with van der Waals surface area (Å²) in [4.78, 5) is 0. The van der Waals surface area contributed by atoms with Gasteiger partial charge in [-0.25, -0.2) is 0 Å². The zero-order valence-corrected chi connectivity index (χ0v) is 7.60. The highest BCUT2D eigenvalue weighted by Crippen LogP contribution is 2.59. The van der Waals surface area contributed by atoms with Gasteiger partial charge in [0.2, 0.25) is 0 Å². The molecule has 0 saturated heterocycles. The van der Waals surface area contributed by atoms with Crippen LogP contribution in [0, 0.1) is 11.8 Å². The smallest absolute Gasteiger partial charge is 0.126 e. The van der Waals surface area contributed by atoms with E-state index in [1.165, 1.54) is 0 Å². The Hall–Kier alpha value is 1.16. The first-order valence-electron chi connectivity index (χ1n) is 2.64. The number of halogens is 4. The highest BCUT2D eigenvalue weighted by atomic mass is 35.5. The van der Waals surface area contributed by atoms with E-state index in [-0.39, 0.29) is 11.8 Å². The van der Waals surface area contributed by atoms with Crippen molar-refractivity contribution in [1.29, 1.82) is 0 Å². The van der Waals surface area contributed by atoms with Gasteiger partial charge in [0.15, 0.2) is 0 Å². The summed E-state index contributed by atoms with van der Waals surface area (Å²) in [5.41, 5.74) is 0. The molecule has 1 fully saturated rings. The highest BCUT2D eigenvalue weighted by Gasteiger charge is 2.61. The molecule has 9 heavy (non-hydrogen) atoms. The molecule has 0 aliphatic heterocycles. The Labute approximate surface area is 74.4 Å². The molecule has 0 aromatic carbocycles. The van der Waals surface area contributed by atoms with Crippen LogP contribution in [0.15, 0.2) is 0 Å². The van der Waals surface area contributed by atoms with Gasteiger partial charge in [-0.1, -0.05) is 0 Å².